The smallest absolute Gasteiger partial charge is 0.246 e. The third-order valence-electron chi connectivity index (χ3n) is 5.11. The van der Waals surface area contributed by atoms with E-state index in [1.165, 1.54) is 0 Å². The summed E-state index contributed by atoms with van der Waals surface area (Å²) >= 11 is 0. The number of sulfonamides is 1. The van der Waals surface area contributed by atoms with Crippen molar-refractivity contribution in [3.05, 3.63) is 29.8 Å². The van der Waals surface area contributed by atoms with Crippen molar-refractivity contribution >= 4 is 10.0 Å². The van der Waals surface area contributed by atoms with Crippen LogP contribution in [0.4, 0.5) is 8.78 Å². The van der Waals surface area contributed by atoms with Gasteiger partial charge in [0, 0.05) is 25.8 Å². The maximum absolute atomic E-state index is 13.7. The average molecular weight is 374 g/mol. The first kappa shape index (κ1) is 18.7. The highest BCUT2D eigenvalue weighted by atomic mass is 32.2. The molecule has 8 heteroatoms. The quantitative estimate of drug-likeness (QED) is 0.858. The summed E-state index contributed by atoms with van der Waals surface area (Å²) in [4.78, 5) is 1.55. The SMILES string of the molecule is O=S(=O)(NCC1CCN(C2CCOCC2)CC1)c1c(F)cccc1F. The molecule has 2 aliphatic rings. The van der Waals surface area contributed by atoms with Crippen LogP contribution in [0.5, 0.6) is 0 Å². The van der Waals surface area contributed by atoms with E-state index in [2.05, 4.69) is 9.62 Å². The van der Waals surface area contributed by atoms with Gasteiger partial charge in [0.05, 0.1) is 0 Å². The molecule has 1 N–H and O–H groups in total. The van der Waals surface area contributed by atoms with Crippen molar-refractivity contribution in [3.63, 3.8) is 0 Å². The highest BCUT2D eigenvalue weighted by Gasteiger charge is 2.28. The Morgan fingerprint density at radius 2 is 1.68 bits per heavy atom. The Labute approximate surface area is 147 Å². The van der Waals surface area contributed by atoms with Gasteiger partial charge in [0.1, 0.15) is 11.6 Å². The van der Waals surface area contributed by atoms with Crippen molar-refractivity contribution in [2.75, 3.05) is 32.8 Å². The summed E-state index contributed by atoms with van der Waals surface area (Å²) in [5, 5.41) is 0. The molecular formula is C17H24F2N2O3S. The van der Waals surface area contributed by atoms with E-state index in [0.717, 1.165) is 70.2 Å². The van der Waals surface area contributed by atoms with Gasteiger partial charge in [-0.25, -0.2) is 21.9 Å². The molecule has 0 aromatic heterocycles. The largest absolute Gasteiger partial charge is 0.381 e. The van der Waals surface area contributed by atoms with E-state index in [0.29, 0.717) is 6.04 Å². The van der Waals surface area contributed by atoms with E-state index in [1.54, 1.807) is 0 Å². The van der Waals surface area contributed by atoms with Gasteiger partial charge in [-0.2, -0.15) is 0 Å². The molecule has 2 fully saturated rings. The van der Waals surface area contributed by atoms with Crippen LogP contribution in [0.2, 0.25) is 0 Å². The number of likely N-dealkylation sites (tertiary alicyclic amines) is 1. The van der Waals surface area contributed by atoms with Crippen molar-refractivity contribution < 1.29 is 21.9 Å². The molecule has 0 unspecified atom stereocenters. The molecule has 0 atom stereocenters. The predicted octanol–water partition coefficient (Wildman–Crippen LogP) is 2.13. The maximum atomic E-state index is 13.7. The normalized spacial score (nSPS) is 21.5. The molecule has 140 valence electrons. The molecule has 0 amide bonds. The number of hydrogen-bond donors (Lipinski definition) is 1. The summed E-state index contributed by atoms with van der Waals surface area (Å²) in [5.41, 5.74) is 0. The lowest BCUT2D eigenvalue weighted by atomic mass is 9.94. The molecule has 0 radical (unpaired) electrons. The van der Waals surface area contributed by atoms with E-state index in [4.69, 9.17) is 4.74 Å². The van der Waals surface area contributed by atoms with Crippen LogP contribution in [0.3, 0.4) is 0 Å². The minimum absolute atomic E-state index is 0.181. The van der Waals surface area contributed by atoms with E-state index < -0.39 is 26.6 Å². The fourth-order valence-corrected chi connectivity index (χ4v) is 4.86. The zero-order valence-electron chi connectivity index (χ0n) is 14.1. The first-order valence-corrected chi connectivity index (χ1v) is 10.2. The number of hydrogen-bond acceptors (Lipinski definition) is 4. The molecule has 2 aliphatic heterocycles. The van der Waals surface area contributed by atoms with Crippen LogP contribution in [-0.4, -0.2) is 52.2 Å². The highest BCUT2D eigenvalue weighted by molar-refractivity contribution is 7.89. The summed E-state index contributed by atoms with van der Waals surface area (Å²) in [6, 6.07) is 3.60. The lowest BCUT2D eigenvalue weighted by Crippen LogP contribution is -2.45. The standard InChI is InChI=1S/C17H24F2N2O3S/c18-15-2-1-3-16(19)17(15)25(22,23)20-12-13-4-8-21(9-5-13)14-6-10-24-11-7-14/h1-3,13-14,20H,4-12H2. The molecule has 25 heavy (non-hydrogen) atoms. The Bertz CT molecular complexity index is 665. The molecular weight excluding hydrogens is 350 g/mol. The van der Waals surface area contributed by atoms with E-state index in [9.17, 15) is 17.2 Å². The number of halogens is 2. The summed E-state index contributed by atoms with van der Waals surface area (Å²) in [6.45, 7) is 3.66. The molecule has 0 saturated carbocycles. The van der Waals surface area contributed by atoms with Crippen molar-refractivity contribution in [2.24, 2.45) is 5.92 Å². The first-order chi connectivity index (χ1) is 12.0. The van der Waals surface area contributed by atoms with Gasteiger partial charge in [-0.1, -0.05) is 6.07 Å². The summed E-state index contributed by atoms with van der Waals surface area (Å²) in [5.74, 6) is -1.95. The molecule has 0 bridgehead atoms. The monoisotopic (exact) mass is 374 g/mol. The van der Waals surface area contributed by atoms with Crippen LogP contribution >= 0.6 is 0 Å². The second-order valence-corrected chi connectivity index (χ2v) is 8.43. The van der Waals surface area contributed by atoms with Gasteiger partial charge in [0.15, 0.2) is 4.90 Å². The second kappa shape index (κ2) is 8.07. The Hall–Kier alpha value is -1.09. The Balaban J connectivity index is 1.52. The van der Waals surface area contributed by atoms with Crippen LogP contribution in [0, 0.1) is 17.6 Å². The van der Waals surface area contributed by atoms with E-state index in [-0.39, 0.29) is 12.5 Å². The predicted molar refractivity (Wildman–Crippen MR) is 89.7 cm³/mol. The van der Waals surface area contributed by atoms with Gasteiger partial charge < -0.3 is 9.64 Å². The average Bonchev–Trinajstić information content (AvgIpc) is 2.61. The summed E-state index contributed by atoms with van der Waals surface area (Å²) in [6.07, 6.45) is 3.84. The van der Waals surface area contributed by atoms with Gasteiger partial charge in [0.2, 0.25) is 10.0 Å². The van der Waals surface area contributed by atoms with Crippen LogP contribution in [0.15, 0.2) is 23.1 Å². The highest BCUT2D eigenvalue weighted by Crippen LogP contribution is 2.24. The third-order valence-corrected chi connectivity index (χ3v) is 6.58. The molecule has 0 aliphatic carbocycles. The zero-order chi connectivity index (χ0) is 17.9. The summed E-state index contributed by atoms with van der Waals surface area (Å²) in [7, 11) is -4.19. The Morgan fingerprint density at radius 1 is 1.08 bits per heavy atom. The molecule has 2 saturated heterocycles. The van der Waals surface area contributed by atoms with Crippen LogP contribution in [-0.2, 0) is 14.8 Å². The van der Waals surface area contributed by atoms with Gasteiger partial charge in [-0.3, -0.25) is 0 Å². The maximum Gasteiger partial charge on any atom is 0.246 e. The second-order valence-electron chi connectivity index (χ2n) is 6.73. The molecule has 2 heterocycles. The lowest BCUT2D eigenvalue weighted by molar-refractivity contribution is 0.0214. The van der Waals surface area contributed by atoms with Crippen molar-refractivity contribution in [1.29, 1.82) is 0 Å². The van der Waals surface area contributed by atoms with Gasteiger partial charge in [-0.05, 0) is 56.8 Å². The number of piperidine rings is 1. The zero-order valence-corrected chi connectivity index (χ0v) is 14.9. The molecule has 5 nitrogen and oxygen atoms in total. The van der Waals surface area contributed by atoms with Crippen molar-refractivity contribution in [1.82, 2.24) is 9.62 Å². The van der Waals surface area contributed by atoms with E-state index >= 15 is 0 Å². The van der Waals surface area contributed by atoms with Gasteiger partial charge in [0.25, 0.3) is 0 Å². The number of nitrogens with zero attached hydrogens (tertiary/aromatic N) is 1. The van der Waals surface area contributed by atoms with E-state index in [1.807, 2.05) is 0 Å². The molecule has 1 aromatic carbocycles. The lowest BCUT2D eigenvalue weighted by Gasteiger charge is -2.39. The summed E-state index contributed by atoms with van der Waals surface area (Å²) < 4.78 is 59.6. The first-order valence-electron chi connectivity index (χ1n) is 8.73. The number of nitrogens with one attached hydrogen (secondary N) is 1. The number of ether oxygens (including phenoxy) is 1. The van der Waals surface area contributed by atoms with Crippen LogP contribution in [0.1, 0.15) is 25.7 Å². The Morgan fingerprint density at radius 3 is 2.28 bits per heavy atom. The topological polar surface area (TPSA) is 58.6 Å². The van der Waals surface area contributed by atoms with Crippen molar-refractivity contribution in [2.45, 2.75) is 36.6 Å². The minimum Gasteiger partial charge on any atom is -0.381 e. The molecule has 1 aromatic rings. The van der Waals surface area contributed by atoms with Gasteiger partial charge in [-0.15, -0.1) is 0 Å². The molecule has 3 rings (SSSR count). The fraction of sp³-hybridized carbons (Fsp3) is 0.647. The number of rotatable bonds is 5. The number of benzene rings is 1. The molecule has 0 spiro atoms. The van der Waals surface area contributed by atoms with Crippen molar-refractivity contribution in [3.8, 4) is 0 Å². The Kier molecular flexibility index (Phi) is 6.04. The minimum atomic E-state index is -4.19. The van der Waals surface area contributed by atoms with Gasteiger partial charge >= 0.3 is 0 Å². The fourth-order valence-electron chi connectivity index (χ4n) is 3.61. The third kappa shape index (κ3) is 4.55. The van der Waals surface area contributed by atoms with Crippen LogP contribution in [0.25, 0.3) is 0 Å². The van der Waals surface area contributed by atoms with Crippen LogP contribution < -0.4 is 4.72 Å².